The van der Waals surface area contributed by atoms with E-state index in [9.17, 15) is 4.39 Å². The van der Waals surface area contributed by atoms with Crippen molar-refractivity contribution in [1.82, 2.24) is 0 Å². The van der Waals surface area contributed by atoms with E-state index in [0.29, 0.717) is 11.7 Å². The molecule has 0 heterocycles. The van der Waals surface area contributed by atoms with Crippen molar-refractivity contribution in [2.45, 2.75) is 59.0 Å². The lowest BCUT2D eigenvalue weighted by atomic mass is 10.1. The molecule has 0 amide bonds. The molecule has 1 aromatic rings. The van der Waals surface area contributed by atoms with E-state index in [1.54, 1.807) is 6.07 Å². The Hall–Kier alpha value is -1.09. The van der Waals surface area contributed by atoms with Crippen molar-refractivity contribution < 1.29 is 4.39 Å². The molecule has 0 bridgehead atoms. The number of benzene rings is 1. The van der Waals surface area contributed by atoms with Crippen molar-refractivity contribution in [3.8, 4) is 0 Å². The molecule has 1 aromatic carbocycles. The summed E-state index contributed by atoms with van der Waals surface area (Å²) in [4.78, 5) is 2.13. The third-order valence-electron chi connectivity index (χ3n) is 3.43. The van der Waals surface area contributed by atoms with Crippen molar-refractivity contribution >= 4 is 5.69 Å². The maximum Gasteiger partial charge on any atom is 0.146 e. The summed E-state index contributed by atoms with van der Waals surface area (Å²) in [5.41, 5.74) is 7.32. The molecule has 1 rings (SSSR count). The number of hydrogen-bond acceptors (Lipinski definition) is 2. The molecular weight excluding hydrogens is 239 g/mol. The van der Waals surface area contributed by atoms with Gasteiger partial charge in [0.05, 0.1) is 5.69 Å². The lowest BCUT2D eigenvalue weighted by Gasteiger charge is -2.29. The Morgan fingerprint density at radius 1 is 1.21 bits per heavy atom. The van der Waals surface area contributed by atoms with E-state index in [1.165, 1.54) is 12.8 Å². The van der Waals surface area contributed by atoms with Crippen LogP contribution in [0.1, 0.15) is 58.6 Å². The number of hydrogen-bond donors (Lipinski definition) is 1. The molecule has 3 heteroatoms. The molecule has 2 N–H and O–H groups in total. The average Bonchev–Trinajstić information content (AvgIpc) is 2.35. The summed E-state index contributed by atoms with van der Waals surface area (Å²) in [6, 6.07) is 5.52. The highest BCUT2D eigenvalue weighted by Crippen LogP contribution is 2.25. The normalized spacial score (nSPS) is 12.8. The van der Waals surface area contributed by atoms with Gasteiger partial charge in [0, 0.05) is 18.6 Å². The molecule has 0 fully saturated rings. The van der Waals surface area contributed by atoms with Crippen LogP contribution in [0.4, 0.5) is 10.1 Å². The summed E-state index contributed by atoms with van der Waals surface area (Å²) in [5, 5.41) is 0. The fourth-order valence-electron chi connectivity index (χ4n) is 2.23. The molecular formula is C16H27FN2. The Labute approximate surface area is 116 Å². The predicted molar refractivity (Wildman–Crippen MR) is 81.0 cm³/mol. The lowest BCUT2D eigenvalue weighted by molar-refractivity contribution is 0.581. The number of rotatable bonds is 7. The molecule has 2 nitrogen and oxygen atoms in total. The van der Waals surface area contributed by atoms with Gasteiger partial charge in [-0.25, -0.2) is 4.39 Å². The van der Waals surface area contributed by atoms with Crippen LogP contribution in [0.5, 0.6) is 0 Å². The molecule has 0 spiro atoms. The van der Waals surface area contributed by atoms with Crippen molar-refractivity contribution in [2.24, 2.45) is 5.73 Å². The first-order valence-electron chi connectivity index (χ1n) is 7.29. The smallest absolute Gasteiger partial charge is 0.146 e. The van der Waals surface area contributed by atoms with Gasteiger partial charge in [-0.15, -0.1) is 0 Å². The highest BCUT2D eigenvalue weighted by Gasteiger charge is 2.15. The molecule has 108 valence electrons. The van der Waals surface area contributed by atoms with Gasteiger partial charge in [0.15, 0.2) is 0 Å². The van der Waals surface area contributed by atoms with Crippen molar-refractivity contribution in [2.75, 3.05) is 11.4 Å². The summed E-state index contributed by atoms with van der Waals surface area (Å²) in [7, 11) is 0. The Kier molecular flexibility index (Phi) is 6.29. The number of nitrogens with zero attached hydrogens (tertiary/aromatic N) is 1. The van der Waals surface area contributed by atoms with E-state index in [1.807, 2.05) is 19.1 Å². The SMILES string of the molecule is CCCCCN(c1ccc([C@H](C)N)cc1F)C(C)C. The largest absolute Gasteiger partial charge is 0.367 e. The zero-order valence-electron chi connectivity index (χ0n) is 12.6. The van der Waals surface area contributed by atoms with E-state index in [2.05, 4.69) is 25.7 Å². The Bertz CT molecular complexity index is 388. The maximum absolute atomic E-state index is 14.2. The van der Waals surface area contributed by atoms with E-state index in [-0.39, 0.29) is 11.9 Å². The van der Waals surface area contributed by atoms with Crippen LogP contribution in [0.3, 0.4) is 0 Å². The van der Waals surface area contributed by atoms with Gasteiger partial charge < -0.3 is 10.6 Å². The van der Waals surface area contributed by atoms with Gasteiger partial charge in [0.1, 0.15) is 5.82 Å². The molecule has 19 heavy (non-hydrogen) atoms. The standard InChI is InChI=1S/C16H27FN2/c1-5-6-7-10-19(12(2)3)16-9-8-14(13(4)18)11-15(16)17/h8-9,11-13H,5-7,10,18H2,1-4H3/t13-/m0/s1. The fraction of sp³-hybridized carbons (Fsp3) is 0.625. The molecule has 0 aliphatic carbocycles. The third kappa shape index (κ3) is 4.50. The van der Waals surface area contributed by atoms with E-state index >= 15 is 0 Å². The zero-order chi connectivity index (χ0) is 14.4. The number of nitrogens with two attached hydrogens (primary N) is 1. The fourth-order valence-corrected chi connectivity index (χ4v) is 2.23. The Balaban J connectivity index is 2.90. The maximum atomic E-state index is 14.2. The number of unbranched alkanes of at least 4 members (excludes halogenated alkanes) is 2. The topological polar surface area (TPSA) is 29.3 Å². The van der Waals surface area contributed by atoms with E-state index in [0.717, 1.165) is 18.5 Å². The number of halogens is 1. The molecule has 1 atom stereocenters. The van der Waals surface area contributed by atoms with Crippen LogP contribution in [0.15, 0.2) is 18.2 Å². The van der Waals surface area contributed by atoms with Crippen molar-refractivity contribution in [3.05, 3.63) is 29.6 Å². The first kappa shape index (κ1) is 16.0. The lowest BCUT2D eigenvalue weighted by Crippen LogP contribution is -2.32. The van der Waals surface area contributed by atoms with Crippen LogP contribution >= 0.6 is 0 Å². The third-order valence-corrected chi connectivity index (χ3v) is 3.43. The Morgan fingerprint density at radius 3 is 2.37 bits per heavy atom. The van der Waals surface area contributed by atoms with Gasteiger partial charge in [-0.05, 0) is 44.9 Å². The molecule has 0 unspecified atom stereocenters. The van der Waals surface area contributed by atoms with Crippen LogP contribution in [-0.2, 0) is 0 Å². The van der Waals surface area contributed by atoms with Crippen LogP contribution in [0.25, 0.3) is 0 Å². The molecule has 0 radical (unpaired) electrons. The van der Waals surface area contributed by atoms with E-state index < -0.39 is 0 Å². The van der Waals surface area contributed by atoms with Crippen molar-refractivity contribution in [3.63, 3.8) is 0 Å². The first-order valence-corrected chi connectivity index (χ1v) is 7.29. The summed E-state index contributed by atoms with van der Waals surface area (Å²) in [6.07, 6.45) is 3.46. The Morgan fingerprint density at radius 2 is 1.89 bits per heavy atom. The van der Waals surface area contributed by atoms with Gasteiger partial charge in [0.25, 0.3) is 0 Å². The predicted octanol–water partition coefficient (Wildman–Crippen LogP) is 4.25. The first-order chi connectivity index (χ1) is 8.97. The highest BCUT2D eigenvalue weighted by atomic mass is 19.1. The van der Waals surface area contributed by atoms with Crippen molar-refractivity contribution in [1.29, 1.82) is 0 Å². The second kappa shape index (κ2) is 7.49. The molecule has 0 saturated carbocycles. The molecule has 0 aliphatic rings. The van der Waals surface area contributed by atoms with Crippen LogP contribution in [0.2, 0.25) is 0 Å². The molecule has 0 saturated heterocycles. The minimum absolute atomic E-state index is 0.129. The van der Waals surface area contributed by atoms with Gasteiger partial charge in [-0.2, -0.15) is 0 Å². The minimum atomic E-state index is -0.167. The monoisotopic (exact) mass is 266 g/mol. The van der Waals surface area contributed by atoms with Crippen LogP contribution in [-0.4, -0.2) is 12.6 Å². The van der Waals surface area contributed by atoms with Gasteiger partial charge >= 0.3 is 0 Å². The van der Waals surface area contributed by atoms with Crippen LogP contribution < -0.4 is 10.6 Å². The quantitative estimate of drug-likeness (QED) is 0.747. The van der Waals surface area contributed by atoms with Gasteiger partial charge in [0.2, 0.25) is 0 Å². The second-order valence-electron chi connectivity index (χ2n) is 5.49. The highest BCUT2D eigenvalue weighted by molar-refractivity contribution is 5.50. The van der Waals surface area contributed by atoms with Gasteiger partial charge in [-0.1, -0.05) is 25.8 Å². The second-order valence-corrected chi connectivity index (χ2v) is 5.49. The minimum Gasteiger partial charge on any atom is -0.367 e. The summed E-state index contributed by atoms with van der Waals surface area (Å²) < 4.78 is 14.2. The zero-order valence-corrected chi connectivity index (χ0v) is 12.6. The summed E-state index contributed by atoms with van der Waals surface area (Å²) in [6.45, 7) is 9.16. The van der Waals surface area contributed by atoms with Crippen LogP contribution in [0, 0.1) is 5.82 Å². The number of anilines is 1. The summed E-state index contributed by atoms with van der Waals surface area (Å²) in [5.74, 6) is -0.167. The van der Waals surface area contributed by atoms with Gasteiger partial charge in [-0.3, -0.25) is 0 Å². The average molecular weight is 266 g/mol. The summed E-state index contributed by atoms with van der Waals surface area (Å²) >= 11 is 0. The molecule has 0 aliphatic heterocycles. The van der Waals surface area contributed by atoms with E-state index in [4.69, 9.17) is 5.73 Å². The molecule has 0 aromatic heterocycles.